The number of carbonyl (C=O) groups is 1. The molecule has 0 atom stereocenters. The van der Waals surface area contributed by atoms with Gasteiger partial charge in [0, 0.05) is 14.0 Å². The van der Waals surface area contributed by atoms with Gasteiger partial charge in [0.25, 0.3) is 5.91 Å². The van der Waals surface area contributed by atoms with Gasteiger partial charge in [-0.05, 0) is 62.2 Å². The van der Waals surface area contributed by atoms with Crippen LogP contribution in [0.5, 0.6) is 5.75 Å². The number of benzene rings is 2. The lowest BCUT2D eigenvalue weighted by atomic mass is 10.2. The maximum atomic E-state index is 12.1. The molecule has 0 saturated carbocycles. The molecule has 0 unspecified atom stereocenters. The Morgan fingerprint density at radius 3 is 2.37 bits per heavy atom. The Hall–Kier alpha value is -1.04. The first-order valence-electron chi connectivity index (χ1n) is 5.23. The Morgan fingerprint density at radius 1 is 1.16 bits per heavy atom. The van der Waals surface area contributed by atoms with Crippen LogP contribution in [0.4, 0.5) is 5.69 Å². The van der Waals surface area contributed by atoms with Gasteiger partial charge in [-0.1, -0.05) is 17.7 Å². The number of hydrogen-bond acceptors (Lipinski definition) is 2. The second-order valence-electron chi connectivity index (χ2n) is 3.71. The third-order valence-corrected chi connectivity index (χ3v) is 3.96. The lowest BCUT2D eigenvalue weighted by Crippen LogP contribution is -2.12. The standard InChI is InChI=1S/C13H8Br2ClNO2/c14-9-2-1-3-10(15)12(9)17-13(19)8-5-4-7(16)6-11(8)18/h1-6,18H,(H,17,19). The second-order valence-corrected chi connectivity index (χ2v) is 5.86. The van der Waals surface area contributed by atoms with E-state index in [9.17, 15) is 9.90 Å². The van der Waals surface area contributed by atoms with Gasteiger partial charge in [0.15, 0.2) is 0 Å². The van der Waals surface area contributed by atoms with E-state index in [-0.39, 0.29) is 11.3 Å². The van der Waals surface area contributed by atoms with E-state index in [1.807, 2.05) is 18.2 Å². The Balaban J connectivity index is 2.31. The summed E-state index contributed by atoms with van der Waals surface area (Å²) in [6.07, 6.45) is 0. The van der Waals surface area contributed by atoms with Gasteiger partial charge >= 0.3 is 0 Å². The average molecular weight is 405 g/mol. The van der Waals surface area contributed by atoms with E-state index < -0.39 is 5.91 Å². The summed E-state index contributed by atoms with van der Waals surface area (Å²) in [5, 5.41) is 12.8. The molecule has 0 aliphatic carbocycles. The highest BCUT2D eigenvalue weighted by Gasteiger charge is 2.14. The zero-order chi connectivity index (χ0) is 14.0. The first-order chi connectivity index (χ1) is 8.99. The van der Waals surface area contributed by atoms with Gasteiger partial charge in [-0.3, -0.25) is 4.79 Å². The molecule has 0 fully saturated rings. The molecular formula is C13H8Br2ClNO2. The van der Waals surface area contributed by atoms with Crippen molar-refractivity contribution >= 4 is 55.1 Å². The molecule has 1 amide bonds. The largest absolute Gasteiger partial charge is 0.507 e. The van der Waals surface area contributed by atoms with Gasteiger partial charge in [-0.2, -0.15) is 0 Å². The molecule has 0 aromatic heterocycles. The number of para-hydroxylation sites is 1. The van der Waals surface area contributed by atoms with Crippen molar-refractivity contribution in [2.75, 3.05) is 5.32 Å². The van der Waals surface area contributed by atoms with E-state index in [1.165, 1.54) is 12.1 Å². The molecule has 0 aliphatic heterocycles. The third-order valence-electron chi connectivity index (χ3n) is 2.41. The van der Waals surface area contributed by atoms with Crippen molar-refractivity contribution in [1.29, 1.82) is 0 Å². The molecule has 19 heavy (non-hydrogen) atoms. The number of phenols is 1. The molecule has 2 N–H and O–H groups in total. The monoisotopic (exact) mass is 403 g/mol. The van der Waals surface area contributed by atoms with E-state index in [2.05, 4.69) is 37.2 Å². The number of anilines is 1. The van der Waals surface area contributed by atoms with E-state index >= 15 is 0 Å². The maximum absolute atomic E-state index is 12.1. The fraction of sp³-hybridized carbons (Fsp3) is 0. The minimum Gasteiger partial charge on any atom is -0.507 e. The molecule has 0 bridgehead atoms. The van der Waals surface area contributed by atoms with Gasteiger partial charge in [0.05, 0.1) is 11.3 Å². The van der Waals surface area contributed by atoms with Crippen LogP contribution in [0.1, 0.15) is 10.4 Å². The van der Waals surface area contributed by atoms with E-state index in [4.69, 9.17) is 11.6 Å². The number of aromatic hydroxyl groups is 1. The van der Waals surface area contributed by atoms with E-state index in [1.54, 1.807) is 6.07 Å². The summed E-state index contributed by atoms with van der Waals surface area (Å²) < 4.78 is 1.48. The molecule has 0 radical (unpaired) electrons. The number of carbonyl (C=O) groups excluding carboxylic acids is 1. The van der Waals surface area contributed by atoms with Gasteiger partial charge in [-0.15, -0.1) is 0 Å². The van der Waals surface area contributed by atoms with Gasteiger partial charge in [0.1, 0.15) is 5.75 Å². The summed E-state index contributed by atoms with van der Waals surface area (Å²) in [5.74, 6) is -0.574. The van der Waals surface area contributed by atoms with E-state index in [0.717, 1.165) is 8.95 Å². The van der Waals surface area contributed by atoms with Gasteiger partial charge < -0.3 is 10.4 Å². The molecule has 98 valence electrons. The summed E-state index contributed by atoms with van der Waals surface area (Å²) in [4.78, 5) is 12.1. The topological polar surface area (TPSA) is 49.3 Å². The molecule has 0 heterocycles. The Morgan fingerprint density at radius 2 is 1.79 bits per heavy atom. The fourth-order valence-electron chi connectivity index (χ4n) is 1.49. The van der Waals surface area contributed by atoms with Crippen LogP contribution in [-0.2, 0) is 0 Å². The number of rotatable bonds is 2. The number of hydrogen-bond donors (Lipinski definition) is 2. The number of nitrogens with one attached hydrogen (secondary N) is 1. The summed E-state index contributed by atoms with van der Waals surface area (Å²) in [6, 6.07) is 9.79. The zero-order valence-corrected chi connectivity index (χ0v) is 13.4. The second kappa shape index (κ2) is 5.94. The van der Waals surface area contributed by atoms with Crippen LogP contribution in [0.2, 0.25) is 5.02 Å². The maximum Gasteiger partial charge on any atom is 0.259 e. The third kappa shape index (κ3) is 3.29. The molecule has 6 heteroatoms. The predicted octanol–water partition coefficient (Wildman–Crippen LogP) is 4.82. The van der Waals surface area contributed by atoms with Gasteiger partial charge in [-0.25, -0.2) is 0 Å². The van der Waals surface area contributed by atoms with Crippen LogP contribution in [-0.4, -0.2) is 11.0 Å². The van der Waals surface area contributed by atoms with Gasteiger partial charge in [0.2, 0.25) is 0 Å². The van der Waals surface area contributed by atoms with Crippen LogP contribution < -0.4 is 5.32 Å². The predicted molar refractivity (Wildman–Crippen MR) is 82.9 cm³/mol. The highest BCUT2D eigenvalue weighted by molar-refractivity contribution is 9.11. The lowest BCUT2D eigenvalue weighted by Gasteiger charge is -2.10. The van der Waals surface area contributed by atoms with Crippen LogP contribution in [0.3, 0.4) is 0 Å². The minimum absolute atomic E-state index is 0.159. The van der Waals surface area contributed by atoms with E-state index in [0.29, 0.717) is 10.7 Å². The first kappa shape index (κ1) is 14.4. The Labute approximate surface area is 131 Å². The molecule has 2 aromatic carbocycles. The molecule has 0 saturated heterocycles. The average Bonchev–Trinajstić information content (AvgIpc) is 2.33. The quantitative estimate of drug-likeness (QED) is 0.752. The highest BCUT2D eigenvalue weighted by atomic mass is 79.9. The van der Waals surface area contributed by atoms with Crippen LogP contribution in [0.15, 0.2) is 45.3 Å². The van der Waals surface area contributed by atoms with Crippen molar-refractivity contribution in [3.05, 3.63) is 55.9 Å². The Bertz CT molecular complexity index is 626. The van der Waals surface area contributed by atoms with Crippen LogP contribution >= 0.6 is 43.5 Å². The summed E-state index contributed by atoms with van der Waals surface area (Å²) >= 11 is 12.4. The highest BCUT2D eigenvalue weighted by Crippen LogP contribution is 2.31. The molecule has 2 aromatic rings. The summed E-state index contributed by atoms with van der Waals surface area (Å²) in [7, 11) is 0. The zero-order valence-electron chi connectivity index (χ0n) is 9.45. The lowest BCUT2D eigenvalue weighted by molar-refractivity contribution is 0.102. The molecule has 0 aliphatic rings. The normalized spacial score (nSPS) is 10.3. The van der Waals surface area contributed by atoms with Crippen molar-refractivity contribution in [2.45, 2.75) is 0 Å². The number of amides is 1. The summed E-state index contributed by atoms with van der Waals surface area (Å²) in [5.41, 5.74) is 0.758. The van der Waals surface area contributed by atoms with Crippen molar-refractivity contribution in [1.82, 2.24) is 0 Å². The SMILES string of the molecule is O=C(Nc1c(Br)cccc1Br)c1ccc(Cl)cc1O. The van der Waals surface area contributed by atoms with Crippen LogP contribution in [0, 0.1) is 0 Å². The first-order valence-corrected chi connectivity index (χ1v) is 7.19. The van der Waals surface area contributed by atoms with Crippen molar-refractivity contribution in [3.63, 3.8) is 0 Å². The molecule has 2 rings (SSSR count). The molecule has 3 nitrogen and oxygen atoms in total. The molecular weight excluding hydrogens is 397 g/mol. The minimum atomic E-state index is -0.415. The van der Waals surface area contributed by atoms with Crippen molar-refractivity contribution in [2.24, 2.45) is 0 Å². The van der Waals surface area contributed by atoms with Crippen molar-refractivity contribution < 1.29 is 9.90 Å². The number of phenolic OH excluding ortho intramolecular Hbond substituents is 1. The smallest absolute Gasteiger partial charge is 0.259 e. The van der Waals surface area contributed by atoms with Crippen molar-refractivity contribution in [3.8, 4) is 5.75 Å². The van der Waals surface area contributed by atoms with Crippen LogP contribution in [0.25, 0.3) is 0 Å². The Kier molecular flexibility index (Phi) is 4.50. The summed E-state index contributed by atoms with van der Waals surface area (Å²) in [6.45, 7) is 0. The number of halogens is 3. The fourth-order valence-corrected chi connectivity index (χ4v) is 2.86. The molecule has 0 spiro atoms.